The lowest BCUT2D eigenvalue weighted by Gasteiger charge is -2.26. The third-order valence-electron chi connectivity index (χ3n) is 5.17. The molecule has 2 aromatic rings. The van der Waals surface area contributed by atoms with Crippen LogP contribution in [0.3, 0.4) is 0 Å². The minimum absolute atomic E-state index is 0.137. The molecule has 1 atom stereocenters. The Hall–Kier alpha value is -2.25. The van der Waals surface area contributed by atoms with Crippen molar-refractivity contribution < 1.29 is 21.9 Å². The largest absolute Gasteiger partial charge is 0.358 e. The molecular weight excluding hydrogens is 429 g/mol. The van der Waals surface area contributed by atoms with Gasteiger partial charge < -0.3 is 0 Å². The van der Waals surface area contributed by atoms with Crippen molar-refractivity contribution in [1.82, 2.24) is 0 Å². The molecule has 1 aliphatic rings. The van der Waals surface area contributed by atoms with Gasteiger partial charge in [-0.25, -0.2) is 4.39 Å². The third-order valence-corrected chi connectivity index (χ3v) is 6.65. The van der Waals surface area contributed by atoms with Gasteiger partial charge in [0.1, 0.15) is 10.6 Å². The Balaban J connectivity index is 1.96. The number of alkyl halides is 2. The Morgan fingerprint density at radius 1 is 1.07 bits per heavy atom. The van der Waals surface area contributed by atoms with Crippen LogP contribution in [-0.2, 0) is 19.2 Å². The standard InChI is InChI=1S/C22H23ClFNO4S/c1-16-12-14-19(15-13-16)30(27,28)29-25-20(17-8-4-2-5-9-17)22(23,24)21(26)18-10-6-3-7-11-18/h2,4-5,8-9,12-15,18H,3,6-7,10-11H2,1H3. The number of ketones is 1. The monoisotopic (exact) mass is 451 g/mol. The summed E-state index contributed by atoms with van der Waals surface area (Å²) in [5.41, 5.74) is 0.457. The van der Waals surface area contributed by atoms with E-state index in [0.29, 0.717) is 12.8 Å². The van der Waals surface area contributed by atoms with Gasteiger partial charge >= 0.3 is 10.1 Å². The highest BCUT2D eigenvalue weighted by Crippen LogP contribution is 2.34. The predicted molar refractivity (Wildman–Crippen MR) is 114 cm³/mol. The zero-order valence-electron chi connectivity index (χ0n) is 16.6. The fourth-order valence-electron chi connectivity index (χ4n) is 3.46. The first-order valence-electron chi connectivity index (χ1n) is 9.78. The van der Waals surface area contributed by atoms with E-state index in [1.165, 1.54) is 24.3 Å². The number of hydrogen-bond donors (Lipinski definition) is 0. The number of hydrogen-bond acceptors (Lipinski definition) is 5. The fourth-order valence-corrected chi connectivity index (χ4v) is 4.49. The van der Waals surface area contributed by atoms with E-state index >= 15 is 4.39 Å². The molecule has 0 radical (unpaired) electrons. The molecule has 0 heterocycles. The molecule has 1 fully saturated rings. The molecule has 160 valence electrons. The van der Waals surface area contributed by atoms with Crippen LogP contribution in [0.1, 0.15) is 43.2 Å². The number of carbonyl (C=O) groups excluding carboxylic acids is 1. The molecule has 1 aliphatic carbocycles. The molecule has 0 aliphatic heterocycles. The van der Waals surface area contributed by atoms with Gasteiger partial charge in [-0.05, 0) is 31.9 Å². The zero-order chi connectivity index (χ0) is 21.8. The first kappa shape index (κ1) is 22.4. The number of aryl methyl sites for hydroxylation is 1. The van der Waals surface area contributed by atoms with Crippen molar-refractivity contribution in [1.29, 1.82) is 0 Å². The van der Waals surface area contributed by atoms with Crippen LogP contribution in [0.25, 0.3) is 0 Å². The molecule has 3 rings (SSSR count). The van der Waals surface area contributed by atoms with Crippen LogP contribution < -0.4 is 0 Å². The van der Waals surface area contributed by atoms with Crippen LogP contribution >= 0.6 is 11.6 Å². The van der Waals surface area contributed by atoms with Crippen LogP contribution in [0, 0.1) is 12.8 Å². The quantitative estimate of drug-likeness (QED) is 0.331. The van der Waals surface area contributed by atoms with Crippen molar-refractivity contribution in [3.8, 4) is 0 Å². The van der Waals surface area contributed by atoms with Gasteiger partial charge in [-0.1, -0.05) is 84.0 Å². The molecule has 0 aromatic heterocycles. The molecule has 2 aromatic carbocycles. The van der Waals surface area contributed by atoms with Gasteiger partial charge in [-0.3, -0.25) is 9.08 Å². The van der Waals surface area contributed by atoms with Gasteiger partial charge in [0.25, 0.3) is 5.13 Å². The third kappa shape index (κ3) is 5.08. The van der Waals surface area contributed by atoms with Crippen molar-refractivity contribution in [2.75, 3.05) is 0 Å². The van der Waals surface area contributed by atoms with Crippen molar-refractivity contribution in [2.24, 2.45) is 11.1 Å². The lowest BCUT2D eigenvalue weighted by atomic mass is 9.83. The van der Waals surface area contributed by atoms with Gasteiger partial charge in [-0.15, -0.1) is 0 Å². The summed E-state index contributed by atoms with van der Waals surface area (Å²) in [5, 5.41) is 0.545. The van der Waals surface area contributed by atoms with E-state index in [-0.39, 0.29) is 10.5 Å². The van der Waals surface area contributed by atoms with Crippen molar-refractivity contribution in [2.45, 2.75) is 49.1 Å². The smallest absolute Gasteiger partial charge is 0.294 e. The normalized spacial score (nSPS) is 17.9. The van der Waals surface area contributed by atoms with E-state index in [9.17, 15) is 13.2 Å². The van der Waals surface area contributed by atoms with Crippen LogP contribution in [0.15, 0.2) is 64.6 Å². The average Bonchev–Trinajstić information content (AvgIpc) is 2.75. The molecule has 0 saturated heterocycles. The second-order valence-corrected chi connectivity index (χ2v) is 9.47. The first-order chi connectivity index (χ1) is 14.2. The number of halogens is 2. The van der Waals surface area contributed by atoms with E-state index < -0.39 is 32.7 Å². The fraction of sp³-hybridized carbons (Fsp3) is 0.364. The lowest BCUT2D eigenvalue weighted by molar-refractivity contribution is -0.128. The Morgan fingerprint density at radius 3 is 2.27 bits per heavy atom. The predicted octanol–water partition coefficient (Wildman–Crippen LogP) is 5.16. The molecular formula is C22H23ClFNO4S. The summed E-state index contributed by atoms with van der Waals surface area (Å²) in [7, 11) is -4.32. The van der Waals surface area contributed by atoms with Gasteiger partial charge in [0.05, 0.1) is 0 Å². The van der Waals surface area contributed by atoms with E-state index in [1.807, 2.05) is 6.92 Å². The summed E-state index contributed by atoms with van der Waals surface area (Å²) in [5.74, 6) is -1.35. The van der Waals surface area contributed by atoms with E-state index in [1.54, 1.807) is 30.3 Å². The highest BCUT2D eigenvalue weighted by Gasteiger charge is 2.47. The maximum absolute atomic E-state index is 15.7. The van der Waals surface area contributed by atoms with Crippen molar-refractivity contribution in [3.05, 3.63) is 65.7 Å². The summed E-state index contributed by atoms with van der Waals surface area (Å²) < 4.78 is 45.4. The van der Waals surface area contributed by atoms with E-state index in [0.717, 1.165) is 24.8 Å². The molecule has 0 bridgehead atoms. The van der Waals surface area contributed by atoms with Gasteiger partial charge in [0, 0.05) is 11.5 Å². The van der Waals surface area contributed by atoms with Crippen molar-refractivity contribution in [3.63, 3.8) is 0 Å². The van der Waals surface area contributed by atoms with Crippen LogP contribution in [-0.4, -0.2) is 25.0 Å². The maximum atomic E-state index is 15.7. The van der Waals surface area contributed by atoms with E-state index in [2.05, 4.69) is 5.16 Å². The molecule has 0 amide bonds. The van der Waals surface area contributed by atoms with Crippen LogP contribution in [0.4, 0.5) is 4.39 Å². The maximum Gasteiger partial charge on any atom is 0.358 e. The Kier molecular flexibility index (Phi) is 6.93. The lowest BCUT2D eigenvalue weighted by Crippen LogP contribution is -2.42. The Morgan fingerprint density at radius 2 is 1.67 bits per heavy atom. The van der Waals surface area contributed by atoms with Crippen LogP contribution in [0.5, 0.6) is 0 Å². The molecule has 1 saturated carbocycles. The SMILES string of the molecule is Cc1ccc(S(=O)(=O)ON=C(c2ccccc2)C(F)(Cl)C(=O)C2CCCCC2)cc1. The summed E-state index contributed by atoms with van der Waals surface area (Å²) >= 11 is 6.09. The minimum Gasteiger partial charge on any atom is -0.294 e. The van der Waals surface area contributed by atoms with Gasteiger partial charge in [0.15, 0.2) is 5.78 Å². The molecule has 5 nitrogen and oxygen atoms in total. The first-order valence-corrected chi connectivity index (χ1v) is 11.6. The number of Topliss-reactive ketones (excluding diaryl/α,β-unsaturated/α-hetero) is 1. The topological polar surface area (TPSA) is 72.8 Å². The summed E-state index contributed by atoms with van der Waals surface area (Å²) in [6.07, 6.45) is 3.71. The molecule has 1 unspecified atom stereocenters. The molecule has 30 heavy (non-hydrogen) atoms. The second-order valence-electron chi connectivity index (χ2n) is 7.42. The van der Waals surface area contributed by atoms with E-state index in [4.69, 9.17) is 15.9 Å². The number of oxime groups is 1. The highest BCUT2D eigenvalue weighted by atomic mass is 35.5. The molecule has 8 heteroatoms. The summed E-state index contributed by atoms with van der Waals surface area (Å²) in [6.45, 7) is 1.81. The number of nitrogens with zero attached hydrogens (tertiary/aromatic N) is 1. The number of rotatable bonds is 7. The Bertz CT molecular complexity index is 1010. The highest BCUT2D eigenvalue weighted by molar-refractivity contribution is 7.86. The Labute approximate surface area is 181 Å². The van der Waals surface area contributed by atoms with Gasteiger partial charge in [-0.2, -0.15) is 8.42 Å². The van der Waals surface area contributed by atoms with Gasteiger partial charge in [0.2, 0.25) is 0 Å². The second kappa shape index (κ2) is 9.27. The number of carbonyl (C=O) groups is 1. The minimum atomic E-state index is -4.32. The average molecular weight is 452 g/mol. The summed E-state index contributed by atoms with van der Waals surface area (Å²) in [4.78, 5) is 12.7. The van der Waals surface area contributed by atoms with Crippen molar-refractivity contribution >= 4 is 33.2 Å². The molecule has 0 spiro atoms. The summed E-state index contributed by atoms with van der Waals surface area (Å²) in [6, 6.07) is 13.8. The molecule has 0 N–H and O–H groups in total. The number of benzene rings is 2. The zero-order valence-corrected chi connectivity index (χ0v) is 18.1. The van der Waals surface area contributed by atoms with Crippen LogP contribution in [0.2, 0.25) is 0 Å².